The van der Waals surface area contributed by atoms with Crippen LogP contribution in [0.4, 0.5) is 4.39 Å². The molecule has 0 spiro atoms. The van der Waals surface area contributed by atoms with Crippen LogP contribution in [0, 0.1) is 10.6 Å². The molecule has 7 heteroatoms. The lowest BCUT2D eigenvalue weighted by atomic mass is 10.2. The summed E-state index contributed by atoms with van der Waals surface area (Å²) in [6.45, 7) is 1.36. The summed E-state index contributed by atoms with van der Waals surface area (Å²) in [5, 5.41) is 5.29. The second-order valence-corrected chi connectivity index (χ2v) is 6.84. The van der Waals surface area contributed by atoms with Gasteiger partial charge in [-0.05, 0) is 36.5 Å². The molecule has 0 aliphatic carbocycles. The first-order valence-corrected chi connectivity index (χ1v) is 8.69. The SMILES string of the molecule is Cn1c(-c2ccccc2Cl)nn(C[NH+](C)Cc2ccc(F)cc2)c1=S. The van der Waals surface area contributed by atoms with Crippen LogP contribution in [-0.4, -0.2) is 21.4 Å². The summed E-state index contributed by atoms with van der Waals surface area (Å²) in [6, 6.07) is 14.1. The maximum absolute atomic E-state index is 13.0. The van der Waals surface area contributed by atoms with Gasteiger partial charge in [-0.15, -0.1) is 5.10 Å². The van der Waals surface area contributed by atoms with Gasteiger partial charge >= 0.3 is 0 Å². The summed E-state index contributed by atoms with van der Waals surface area (Å²) < 4.78 is 17.3. The summed E-state index contributed by atoms with van der Waals surface area (Å²) in [4.78, 5) is 1.19. The van der Waals surface area contributed by atoms with Gasteiger partial charge in [0.25, 0.3) is 0 Å². The number of halogens is 2. The molecule has 1 aromatic heterocycles. The zero-order valence-electron chi connectivity index (χ0n) is 14.0. The predicted molar refractivity (Wildman–Crippen MR) is 99.5 cm³/mol. The molecule has 4 nitrogen and oxygen atoms in total. The number of hydrogen-bond acceptors (Lipinski definition) is 2. The highest BCUT2D eigenvalue weighted by Crippen LogP contribution is 2.25. The highest BCUT2D eigenvalue weighted by molar-refractivity contribution is 7.71. The Hall–Kier alpha value is -2.02. The largest absolute Gasteiger partial charge is 0.315 e. The minimum atomic E-state index is -0.224. The molecule has 1 unspecified atom stereocenters. The van der Waals surface area contributed by atoms with Crippen molar-refractivity contribution in [3.05, 3.63) is 69.7 Å². The van der Waals surface area contributed by atoms with Crippen molar-refractivity contribution in [2.24, 2.45) is 7.05 Å². The molecule has 0 bridgehead atoms. The van der Waals surface area contributed by atoms with E-state index in [1.54, 1.807) is 16.8 Å². The van der Waals surface area contributed by atoms with E-state index in [0.29, 0.717) is 16.5 Å². The number of nitrogens with one attached hydrogen (secondary N) is 1. The van der Waals surface area contributed by atoms with Gasteiger partial charge in [-0.25, -0.2) is 4.39 Å². The minimum Gasteiger partial charge on any atom is -0.315 e. The number of rotatable bonds is 5. The van der Waals surface area contributed by atoms with E-state index in [9.17, 15) is 4.39 Å². The van der Waals surface area contributed by atoms with E-state index in [1.165, 1.54) is 17.0 Å². The van der Waals surface area contributed by atoms with E-state index in [2.05, 4.69) is 12.1 Å². The zero-order chi connectivity index (χ0) is 18.0. The Bertz CT molecular complexity index is 933. The fourth-order valence-corrected chi connectivity index (χ4v) is 3.14. The second-order valence-electron chi connectivity index (χ2n) is 6.06. The van der Waals surface area contributed by atoms with Crippen molar-refractivity contribution in [1.29, 1.82) is 0 Å². The lowest BCUT2D eigenvalue weighted by Crippen LogP contribution is -3.07. The van der Waals surface area contributed by atoms with Crippen LogP contribution < -0.4 is 4.90 Å². The fourth-order valence-electron chi connectivity index (χ4n) is 2.73. The first kappa shape index (κ1) is 17.8. The van der Waals surface area contributed by atoms with Crippen LogP contribution in [0.3, 0.4) is 0 Å². The second kappa shape index (κ2) is 7.47. The number of quaternary nitrogens is 1. The standard InChI is InChI=1S/C18H18ClFN4S/c1-22(11-13-7-9-14(20)10-8-13)12-24-18(25)23(2)17(21-24)15-5-3-4-6-16(15)19/h3-10H,11-12H2,1-2H3/p+1. The Labute approximate surface area is 156 Å². The zero-order valence-corrected chi connectivity index (χ0v) is 15.6. The Morgan fingerprint density at radius 1 is 1.16 bits per heavy atom. The van der Waals surface area contributed by atoms with E-state index in [1.807, 2.05) is 35.9 Å². The van der Waals surface area contributed by atoms with Gasteiger partial charge in [-0.3, -0.25) is 0 Å². The fraction of sp³-hybridized carbons (Fsp3) is 0.222. The first-order chi connectivity index (χ1) is 12.0. The molecular formula is C18H19ClFN4S+. The van der Waals surface area contributed by atoms with Gasteiger partial charge in [0, 0.05) is 18.2 Å². The van der Waals surface area contributed by atoms with Crippen molar-refractivity contribution in [2.75, 3.05) is 7.05 Å². The Morgan fingerprint density at radius 3 is 2.52 bits per heavy atom. The third kappa shape index (κ3) is 3.98. The molecule has 0 saturated carbocycles. The van der Waals surface area contributed by atoms with Crippen molar-refractivity contribution < 1.29 is 9.29 Å². The normalized spacial score (nSPS) is 12.3. The molecule has 130 valence electrons. The Balaban J connectivity index is 1.81. The topological polar surface area (TPSA) is 27.2 Å². The maximum Gasteiger partial charge on any atom is 0.202 e. The van der Waals surface area contributed by atoms with E-state index in [-0.39, 0.29) is 5.82 Å². The van der Waals surface area contributed by atoms with Crippen LogP contribution in [0.15, 0.2) is 48.5 Å². The lowest BCUT2D eigenvalue weighted by molar-refractivity contribution is -0.917. The van der Waals surface area contributed by atoms with Gasteiger partial charge in [0.2, 0.25) is 4.77 Å². The number of aromatic nitrogens is 3. The molecule has 0 aliphatic rings. The molecule has 1 N–H and O–H groups in total. The molecule has 0 aliphatic heterocycles. The molecule has 0 fully saturated rings. The van der Waals surface area contributed by atoms with Gasteiger partial charge in [0.1, 0.15) is 12.4 Å². The Morgan fingerprint density at radius 2 is 1.84 bits per heavy atom. The van der Waals surface area contributed by atoms with Crippen molar-refractivity contribution in [3.63, 3.8) is 0 Å². The molecule has 3 rings (SSSR count). The van der Waals surface area contributed by atoms with Gasteiger partial charge in [-0.1, -0.05) is 35.9 Å². The molecule has 2 aromatic carbocycles. The molecule has 0 saturated heterocycles. The van der Waals surface area contributed by atoms with Crippen LogP contribution in [0.5, 0.6) is 0 Å². The molecule has 3 aromatic rings. The number of nitrogens with zero attached hydrogens (tertiary/aromatic N) is 3. The third-order valence-corrected chi connectivity index (χ3v) is 4.81. The van der Waals surface area contributed by atoms with Crippen molar-refractivity contribution >= 4 is 23.8 Å². The molecular weight excluding hydrogens is 359 g/mol. The number of hydrogen-bond donors (Lipinski definition) is 1. The van der Waals surface area contributed by atoms with Crippen LogP contribution >= 0.6 is 23.8 Å². The van der Waals surface area contributed by atoms with Crippen LogP contribution in [0.1, 0.15) is 5.56 Å². The summed E-state index contributed by atoms with van der Waals surface area (Å²) in [5.41, 5.74) is 1.92. The Kier molecular flexibility index (Phi) is 5.32. The van der Waals surface area contributed by atoms with E-state index < -0.39 is 0 Å². The van der Waals surface area contributed by atoms with Gasteiger partial charge < -0.3 is 9.47 Å². The van der Waals surface area contributed by atoms with Crippen molar-refractivity contribution in [2.45, 2.75) is 13.2 Å². The van der Waals surface area contributed by atoms with Crippen molar-refractivity contribution in [3.8, 4) is 11.4 Å². The van der Waals surface area contributed by atoms with Gasteiger partial charge in [0.15, 0.2) is 12.5 Å². The van der Waals surface area contributed by atoms with E-state index >= 15 is 0 Å². The molecule has 0 radical (unpaired) electrons. The quantitative estimate of drug-likeness (QED) is 0.692. The van der Waals surface area contributed by atoms with Crippen LogP contribution in [0.2, 0.25) is 5.02 Å². The van der Waals surface area contributed by atoms with Crippen molar-refractivity contribution in [1.82, 2.24) is 14.3 Å². The van der Waals surface area contributed by atoms with E-state index in [0.717, 1.165) is 23.5 Å². The molecule has 1 atom stereocenters. The smallest absolute Gasteiger partial charge is 0.202 e. The highest BCUT2D eigenvalue weighted by atomic mass is 35.5. The molecule has 25 heavy (non-hydrogen) atoms. The monoisotopic (exact) mass is 377 g/mol. The first-order valence-electron chi connectivity index (χ1n) is 7.90. The lowest BCUT2D eigenvalue weighted by Gasteiger charge is -2.13. The summed E-state index contributed by atoms with van der Waals surface area (Å²) in [6.07, 6.45) is 0. The summed E-state index contributed by atoms with van der Waals surface area (Å²) in [5.74, 6) is 0.517. The van der Waals surface area contributed by atoms with Crippen LogP contribution in [-0.2, 0) is 20.3 Å². The van der Waals surface area contributed by atoms with Crippen LogP contribution in [0.25, 0.3) is 11.4 Å². The maximum atomic E-state index is 13.0. The average molecular weight is 378 g/mol. The molecule has 0 amide bonds. The molecule has 1 heterocycles. The summed E-state index contributed by atoms with van der Waals surface area (Å²) in [7, 11) is 3.94. The average Bonchev–Trinajstić information content (AvgIpc) is 2.86. The van der Waals surface area contributed by atoms with Gasteiger partial charge in [0.05, 0.1) is 12.1 Å². The number of benzene rings is 2. The highest BCUT2D eigenvalue weighted by Gasteiger charge is 2.15. The van der Waals surface area contributed by atoms with Gasteiger partial charge in [-0.2, -0.15) is 4.68 Å². The predicted octanol–water partition coefficient (Wildman–Crippen LogP) is 3.08. The summed E-state index contributed by atoms with van der Waals surface area (Å²) >= 11 is 11.8. The van der Waals surface area contributed by atoms with E-state index in [4.69, 9.17) is 23.8 Å². The third-order valence-electron chi connectivity index (χ3n) is 3.99. The minimum absolute atomic E-state index is 0.224.